The summed E-state index contributed by atoms with van der Waals surface area (Å²) in [6.07, 6.45) is 0. The van der Waals surface area contributed by atoms with Gasteiger partial charge in [0.15, 0.2) is 0 Å². The topological polar surface area (TPSA) is 38.3 Å². The van der Waals surface area contributed by atoms with Crippen LogP contribution in [0.25, 0.3) is 0 Å². The number of nitrogens with one attached hydrogen (secondary N) is 1. The van der Waals surface area contributed by atoms with Crippen molar-refractivity contribution in [1.82, 2.24) is 5.32 Å². The van der Waals surface area contributed by atoms with Gasteiger partial charge in [-0.15, -0.1) is 0 Å². The van der Waals surface area contributed by atoms with Crippen LogP contribution in [0.3, 0.4) is 0 Å². The van der Waals surface area contributed by atoms with Gasteiger partial charge >= 0.3 is 0 Å². The molecule has 3 heteroatoms. The zero-order chi connectivity index (χ0) is 16.4. The molecule has 0 fully saturated rings. The van der Waals surface area contributed by atoms with Gasteiger partial charge in [0, 0.05) is 17.5 Å². The number of benzene rings is 2. The highest BCUT2D eigenvalue weighted by Crippen LogP contribution is 2.33. The first kappa shape index (κ1) is 15.6. The minimum absolute atomic E-state index is 0.0377. The average Bonchev–Trinajstić information content (AvgIpc) is 2.97. The number of aryl methyl sites for hydroxylation is 1. The number of carbonyl (C=O) groups excluding carboxylic acids is 1. The molecule has 0 spiro atoms. The van der Waals surface area contributed by atoms with Gasteiger partial charge in [-0.25, -0.2) is 0 Å². The maximum absolute atomic E-state index is 12.6. The van der Waals surface area contributed by atoms with E-state index in [-0.39, 0.29) is 17.2 Å². The fourth-order valence-electron chi connectivity index (χ4n) is 2.98. The number of amides is 1. The number of rotatable bonds is 4. The summed E-state index contributed by atoms with van der Waals surface area (Å²) in [4.78, 5) is 12.6. The SMILES string of the molecule is Cc1cccc(C(C)(C)CNC(=O)C2COc3ccccc32)c1. The van der Waals surface area contributed by atoms with E-state index in [2.05, 4.69) is 50.4 Å². The van der Waals surface area contributed by atoms with Crippen LogP contribution in [-0.2, 0) is 10.2 Å². The molecule has 0 saturated carbocycles. The Morgan fingerprint density at radius 1 is 1.22 bits per heavy atom. The molecule has 23 heavy (non-hydrogen) atoms. The molecule has 1 amide bonds. The molecule has 2 aromatic carbocycles. The molecule has 0 aliphatic carbocycles. The highest BCUT2D eigenvalue weighted by molar-refractivity contribution is 5.85. The third kappa shape index (κ3) is 3.24. The van der Waals surface area contributed by atoms with Crippen molar-refractivity contribution in [2.24, 2.45) is 0 Å². The molecule has 120 valence electrons. The Kier molecular flexibility index (Phi) is 4.12. The molecule has 0 bridgehead atoms. The normalized spacial score (nSPS) is 16.6. The summed E-state index contributed by atoms with van der Waals surface area (Å²) >= 11 is 0. The fraction of sp³-hybridized carbons (Fsp3) is 0.350. The van der Waals surface area contributed by atoms with Crippen LogP contribution in [-0.4, -0.2) is 19.1 Å². The number of hydrogen-bond donors (Lipinski definition) is 1. The Balaban J connectivity index is 1.68. The monoisotopic (exact) mass is 309 g/mol. The van der Waals surface area contributed by atoms with Gasteiger partial charge in [-0.2, -0.15) is 0 Å². The summed E-state index contributed by atoms with van der Waals surface area (Å²) in [5.74, 6) is 0.654. The minimum atomic E-state index is -0.209. The van der Waals surface area contributed by atoms with Crippen molar-refractivity contribution in [2.75, 3.05) is 13.2 Å². The van der Waals surface area contributed by atoms with E-state index in [0.29, 0.717) is 13.2 Å². The van der Waals surface area contributed by atoms with Gasteiger partial charge < -0.3 is 10.1 Å². The highest BCUT2D eigenvalue weighted by Gasteiger charge is 2.31. The van der Waals surface area contributed by atoms with Gasteiger partial charge in [0.25, 0.3) is 0 Å². The summed E-state index contributed by atoms with van der Waals surface area (Å²) in [5, 5.41) is 3.10. The number of carbonyl (C=O) groups is 1. The number of ether oxygens (including phenoxy) is 1. The van der Waals surface area contributed by atoms with Gasteiger partial charge in [-0.3, -0.25) is 4.79 Å². The molecule has 1 atom stereocenters. The van der Waals surface area contributed by atoms with Crippen LogP contribution >= 0.6 is 0 Å². The second kappa shape index (κ2) is 6.07. The predicted octanol–water partition coefficient (Wildman–Crippen LogP) is 3.57. The van der Waals surface area contributed by atoms with Gasteiger partial charge in [0.05, 0.1) is 0 Å². The summed E-state index contributed by atoms with van der Waals surface area (Å²) in [6, 6.07) is 16.2. The molecule has 0 saturated heterocycles. The number of para-hydroxylation sites is 1. The van der Waals surface area contributed by atoms with Gasteiger partial charge in [-0.1, -0.05) is 61.9 Å². The molecule has 1 heterocycles. The van der Waals surface area contributed by atoms with Crippen molar-refractivity contribution in [2.45, 2.75) is 32.1 Å². The Morgan fingerprint density at radius 3 is 2.78 bits per heavy atom. The Labute approximate surface area is 137 Å². The van der Waals surface area contributed by atoms with Crippen molar-refractivity contribution < 1.29 is 9.53 Å². The lowest BCUT2D eigenvalue weighted by atomic mass is 9.83. The fourth-order valence-corrected chi connectivity index (χ4v) is 2.98. The summed E-state index contributed by atoms with van der Waals surface area (Å²) in [7, 11) is 0. The van der Waals surface area contributed by atoms with Crippen LogP contribution in [0.2, 0.25) is 0 Å². The van der Waals surface area contributed by atoms with E-state index in [4.69, 9.17) is 4.74 Å². The van der Waals surface area contributed by atoms with Gasteiger partial charge in [0.1, 0.15) is 18.3 Å². The predicted molar refractivity (Wildman–Crippen MR) is 91.9 cm³/mol. The van der Waals surface area contributed by atoms with Gasteiger partial charge in [0.2, 0.25) is 5.91 Å². The van der Waals surface area contributed by atoms with Gasteiger partial charge in [-0.05, 0) is 18.6 Å². The van der Waals surface area contributed by atoms with E-state index in [1.54, 1.807) is 0 Å². The van der Waals surface area contributed by atoms with Crippen LogP contribution in [0.4, 0.5) is 0 Å². The lowest BCUT2D eigenvalue weighted by Gasteiger charge is -2.26. The van der Waals surface area contributed by atoms with Crippen molar-refractivity contribution in [1.29, 1.82) is 0 Å². The minimum Gasteiger partial charge on any atom is -0.492 e. The van der Waals surface area contributed by atoms with E-state index in [1.165, 1.54) is 11.1 Å². The summed E-state index contributed by atoms with van der Waals surface area (Å²) in [5.41, 5.74) is 3.35. The molecular formula is C20H23NO2. The van der Waals surface area contributed by atoms with E-state index < -0.39 is 0 Å². The maximum atomic E-state index is 12.6. The van der Waals surface area contributed by atoms with E-state index in [9.17, 15) is 4.79 Å². The first-order valence-electron chi connectivity index (χ1n) is 8.04. The van der Waals surface area contributed by atoms with Crippen molar-refractivity contribution in [3.05, 3.63) is 65.2 Å². The third-order valence-electron chi connectivity index (χ3n) is 4.52. The Hall–Kier alpha value is -2.29. The highest BCUT2D eigenvalue weighted by atomic mass is 16.5. The standard InChI is InChI=1S/C20H23NO2/c1-14-7-6-8-15(11-14)20(2,3)13-21-19(22)17-12-23-18-10-5-4-9-16(17)18/h4-11,17H,12-13H2,1-3H3,(H,21,22). The smallest absolute Gasteiger partial charge is 0.231 e. The molecule has 3 nitrogen and oxygen atoms in total. The molecule has 1 unspecified atom stereocenters. The average molecular weight is 309 g/mol. The first-order chi connectivity index (χ1) is 11.0. The quantitative estimate of drug-likeness (QED) is 0.937. The van der Waals surface area contributed by atoms with E-state index in [1.807, 2.05) is 24.3 Å². The van der Waals surface area contributed by atoms with Crippen LogP contribution in [0, 0.1) is 6.92 Å². The Morgan fingerprint density at radius 2 is 2.00 bits per heavy atom. The number of hydrogen-bond acceptors (Lipinski definition) is 2. The van der Waals surface area contributed by atoms with E-state index in [0.717, 1.165) is 11.3 Å². The molecular weight excluding hydrogens is 286 g/mol. The number of fused-ring (bicyclic) bond motifs is 1. The molecule has 1 N–H and O–H groups in total. The largest absolute Gasteiger partial charge is 0.492 e. The van der Waals surface area contributed by atoms with Crippen molar-refractivity contribution in [3.63, 3.8) is 0 Å². The molecule has 3 rings (SSSR count). The molecule has 2 aromatic rings. The van der Waals surface area contributed by atoms with E-state index >= 15 is 0 Å². The van der Waals surface area contributed by atoms with Crippen LogP contribution in [0.5, 0.6) is 5.75 Å². The van der Waals surface area contributed by atoms with Crippen molar-refractivity contribution in [3.8, 4) is 5.75 Å². The zero-order valence-electron chi connectivity index (χ0n) is 13.9. The third-order valence-corrected chi connectivity index (χ3v) is 4.52. The second-order valence-corrected chi connectivity index (χ2v) is 6.87. The first-order valence-corrected chi connectivity index (χ1v) is 8.04. The Bertz CT molecular complexity index is 721. The van der Waals surface area contributed by atoms with Crippen LogP contribution < -0.4 is 10.1 Å². The molecule has 0 aromatic heterocycles. The lowest BCUT2D eigenvalue weighted by molar-refractivity contribution is -0.123. The van der Waals surface area contributed by atoms with Crippen molar-refractivity contribution >= 4 is 5.91 Å². The molecule has 1 aliphatic rings. The van der Waals surface area contributed by atoms with Crippen LogP contribution in [0.1, 0.15) is 36.5 Å². The summed E-state index contributed by atoms with van der Waals surface area (Å²) in [6.45, 7) is 7.43. The molecule has 0 radical (unpaired) electrons. The zero-order valence-corrected chi connectivity index (χ0v) is 13.9. The second-order valence-electron chi connectivity index (χ2n) is 6.87. The summed E-state index contributed by atoms with van der Waals surface area (Å²) < 4.78 is 5.60. The molecule has 1 aliphatic heterocycles. The van der Waals surface area contributed by atoms with Crippen LogP contribution in [0.15, 0.2) is 48.5 Å². The maximum Gasteiger partial charge on any atom is 0.231 e. The lowest BCUT2D eigenvalue weighted by Crippen LogP contribution is -2.39.